The predicted molar refractivity (Wildman–Crippen MR) is 99.2 cm³/mol. The summed E-state index contributed by atoms with van der Waals surface area (Å²) in [5.41, 5.74) is 2.69. The van der Waals surface area contributed by atoms with Crippen LogP contribution in [0.2, 0.25) is 0 Å². The number of nitrogens with zero attached hydrogens (tertiary/aromatic N) is 3. The van der Waals surface area contributed by atoms with E-state index in [1.54, 1.807) is 6.20 Å². The van der Waals surface area contributed by atoms with E-state index in [9.17, 15) is 4.79 Å². The fourth-order valence-corrected chi connectivity index (χ4v) is 3.36. The first-order valence-electron chi connectivity index (χ1n) is 8.15. The van der Waals surface area contributed by atoms with Crippen LogP contribution in [0.25, 0.3) is 0 Å². The summed E-state index contributed by atoms with van der Waals surface area (Å²) >= 11 is 3.47. The van der Waals surface area contributed by atoms with Crippen LogP contribution in [0, 0.1) is 19.8 Å². The average Bonchev–Trinajstić information content (AvgIpc) is 2.59. The zero-order valence-corrected chi connectivity index (χ0v) is 15.5. The molecule has 1 fully saturated rings. The van der Waals surface area contributed by atoms with Crippen molar-refractivity contribution in [3.05, 3.63) is 46.3 Å². The molecule has 126 valence electrons. The van der Waals surface area contributed by atoms with E-state index in [-0.39, 0.29) is 11.8 Å². The number of anilines is 2. The summed E-state index contributed by atoms with van der Waals surface area (Å²) in [4.78, 5) is 23.7. The van der Waals surface area contributed by atoms with Gasteiger partial charge in [0, 0.05) is 29.7 Å². The third-order valence-electron chi connectivity index (χ3n) is 4.35. The number of piperidine rings is 1. The minimum atomic E-state index is 0.0337. The Morgan fingerprint density at radius 1 is 1.25 bits per heavy atom. The molecule has 1 aromatic heterocycles. The summed E-state index contributed by atoms with van der Waals surface area (Å²) in [6.07, 6.45) is 3.44. The maximum Gasteiger partial charge on any atom is 0.227 e. The van der Waals surface area contributed by atoms with Gasteiger partial charge in [0.2, 0.25) is 5.91 Å². The van der Waals surface area contributed by atoms with Crippen LogP contribution in [0.4, 0.5) is 11.5 Å². The molecule has 1 aromatic carbocycles. The summed E-state index contributed by atoms with van der Waals surface area (Å²) < 4.78 is 0.904. The number of aryl methyl sites for hydroxylation is 2. The van der Waals surface area contributed by atoms with Gasteiger partial charge in [-0.2, -0.15) is 0 Å². The van der Waals surface area contributed by atoms with Gasteiger partial charge in [-0.3, -0.25) is 9.78 Å². The van der Waals surface area contributed by atoms with E-state index in [1.807, 2.05) is 38.1 Å². The van der Waals surface area contributed by atoms with Crippen LogP contribution in [0.1, 0.15) is 24.2 Å². The Balaban J connectivity index is 1.61. The molecule has 0 unspecified atom stereocenters. The van der Waals surface area contributed by atoms with Gasteiger partial charge < -0.3 is 10.2 Å². The van der Waals surface area contributed by atoms with E-state index in [2.05, 4.69) is 36.1 Å². The van der Waals surface area contributed by atoms with Crippen LogP contribution in [-0.2, 0) is 4.79 Å². The highest BCUT2D eigenvalue weighted by Crippen LogP contribution is 2.26. The molecule has 1 amide bonds. The van der Waals surface area contributed by atoms with Crippen molar-refractivity contribution >= 4 is 33.3 Å². The summed E-state index contributed by atoms with van der Waals surface area (Å²) in [6.45, 7) is 5.58. The van der Waals surface area contributed by atoms with E-state index in [4.69, 9.17) is 0 Å². The first kappa shape index (κ1) is 16.9. The van der Waals surface area contributed by atoms with Crippen LogP contribution in [-0.4, -0.2) is 29.0 Å². The highest BCUT2D eigenvalue weighted by Gasteiger charge is 2.26. The van der Waals surface area contributed by atoms with E-state index in [0.717, 1.165) is 53.3 Å². The maximum absolute atomic E-state index is 12.5. The molecule has 0 saturated carbocycles. The molecule has 2 aromatic rings. The van der Waals surface area contributed by atoms with Crippen LogP contribution >= 0.6 is 15.9 Å². The fraction of sp³-hybridized carbons (Fsp3) is 0.389. The molecule has 24 heavy (non-hydrogen) atoms. The van der Waals surface area contributed by atoms with Crippen molar-refractivity contribution in [1.29, 1.82) is 0 Å². The third kappa shape index (κ3) is 3.75. The van der Waals surface area contributed by atoms with E-state index < -0.39 is 0 Å². The summed E-state index contributed by atoms with van der Waals surface area (Å²) in [5, 5.41) is 3.02. The topological polar surface area (TPSA) is 58.1 Å². The summed E-state index contributed by atoms with van der Waals surface area (Å²) in [5.74, 6) is 1.07. The van der Waals surface area contributed by atoms with Gasteiger partial charge in [0.1, 0.15) is 5.82 Å². The molecule has 6 heteroatoms. The molecule has 5 nitrogen and oxygen atoms in total. The zero-order chi connectivity index (χ0) is 17.1. The first-order chi connectivity index (χ1) is 11.5. The lowest BCUT2D eigenvalue weighted by molar-refractivity contribution is -0.120. The van der Waals surface area contributed by atoms with Crippen molar-refractivity contribution in [2.24, 2.45) is 5.92 Å². The van der Waals surface area contributed by atoms with Gasteiger partial charge in [-0.05, 0) is 54.8 Å². The smallest absolute Gasteiger partial charge is 0.227 e. The van der Waals surface area contributed by atoms with E-state index in [0.29, 0.717) is 0 Å². The van der Waals surface area contributed by atoms with Gasteiger partial charge >= 0.3 is 0 Å². The standard InChI is InChI=1S/C18H21BrN4O/c1-12-11-20-13(2)17(21-12)23-9-7-14(8-10-23)18(24)22-16-6-4-3-5-15(16)19/h3-6,11,14H,7-10H2,1-2H3,(H,22,24). The second-order valence-corrected chi connectivity index (χ2v) is 7.01. The average molecular weight is 389 g/mol. The highest BCUT2D eigenvalue weighted by atomic mass is 79.9. The molecular weight excluding hydrogens is 368 g/mol. The zero-order valence-electron chi connectivity index (χ0n) is 13.9. The monoisotopic (exact) mass is 388 g/mol. The summed E-state index contributed by atoms with van der Waals surface area (Å²) in [7, 11) is 0. The Morgan fingerprint density at radius 3 is 2.67 bits per heavy atom. The number of halogens is 1. The highest BCUT2D eigenvalue weighted by molar-refractivity contribution is 9.10. The molecule has 1 N–H and O–H groups in total. The Morgan fingerprint density at radius 2 is 1.96 bits per heavy atom. The number of para-hydroxylation sites is 1. The number of carbonyl (C=O) groups excluding carboxylic acids is 1. The number of benzene rings is 1. The Hall–Kier alpha value is -1.95. The first-order valence-corrected chi connectivity index (χ1v) is 8.94. The summed E-state index contributed by atoms with van der Waals surface area (Å²) in [6, 6.07) is 7.69. The number of nitrogens with one attached hydrogen (secondary N) is 1. The Labute approximate surface area is 150 Å². The normalized spacial score (nSPS) is 15.4. The van der Waals surface area contributed by atoms with Crippen LogP contribution in [0.5, 0.6) is 0 Å². The van der Waals surface area contributed by atoms with Gasteiger partial charge in [0.15, 0.2) is 0 Å². The second-order valence-electron chi connectivity index (χ2n) is 6.15. The number of rotatable bonds is 3. The molecule has 0 atom stereocenters. The van der Waals surface area contributed by atoms with Gasteiger partial charge in [-0.25, -0.2) is 4.98 Å². The number of aromatic nitrogens is 2. The molecular formula is C18H21BrN4O. The van der Waals surface area contributed by atoms with Gasteiger partial charge in [0.05, 0.1) is 17.1 Å². The van der Waals surface area contributed by atoms with Crippen molar-refractivity contribution in [3.63, 3.8) is 0 Å². The minimum absolute atomic E-state index is 0.0337. The minimum Gasteiger partial charge on any atom is -0.355 e. The predicted octanol–water partition coefficient (Wildman–Crippen LogP) is 3.71. The van der Waals surface area contributed by atoms with Crippen LogP contribution < -0.4 is 10.2 Å². The molecule has 3 rings (SSSR count). The lowest BCUT2D eigenvalue weighted by Crippen LogP contribution is -2.39. The number of carbonyl (C=O) groups is 1. The molecule has 2 heterocycles. The molecule has 1 saturated heterocycles. The molecule has 0 bridgehead atoms. The Bertz CT molecular complexity index is 742. The van der Waals surface area contributed by atoms with Crippen molar-refractivity contribution in [2.45, 2.75) is 26.7 Å². The number of amides is 1. The molecule has 0 aliphatic carbocycles. The van der Waals surface area contributed by atoms with Crippen LogP contribution in [0.15, 0.2) is 34.9 Å². The Kier molecular flexibility index (Phi) is 5.14. The quantitative estimate of drug-likeness (QED) is 0.870. The maximum atomic E-state index is 12.5. The number of hydrogen-bond acceptors (Lipinski definition) is 4. The largest absolute Gasteiger partial charge is 0.355 e. The molecule has 0 spiro atoms. The molecule has 0 radical (unpaired) electrons. The van der Waals surface area contributed by atoms with Crippen molar-refractivity contribution in [2.75, 3.05) is 23.3 Å². The van der Waals surface area contributed by atoms with E-state index in [1.165, 1.54) is 0 Å². The lowest BCUT2D eigenvalue weighted by Gasteiger charge is -2.32. The van der Waals surface area contributed by atoms with Gasteiger partial charge in [0.25, 0.3) is 0 Å². The van der Waals surface area contributed by atoms with Crippen molar-refractivity contribution < 1.29 is 4.79 Å². The fourth-order valence-electron chi connectivity index (χ4n) is 2.98. The molecule has 1 aliphatic heterocycles. The number of hydrogen-bond donors (Lipinski definition) is 1. The second kappa shape index (κ2) is 7.30. The van der Waals surface area contributed by atoms with E-state index >= 15 is 0 Å². The molecule has 1 aliphatic rings. The van der Waals surface area contributed by atoms with Crippen molar-refractivity contribution in [1.82, 2.24) is 9.97 Å². The SMILES string of the molecule is Cc1cnc(C)c(N2CCC(C(=O)Nc3ccccc3Br)CC2)n1. The van der Waals surface area contributed by atoms with Gasteiger partial charge in [-0.15, -0.1) is 0 Å². The third-order valence-corrected chi connectivity index (χ3v) is 5.04. The van der Waals surface area contributed by atoms with Crippen LogP contribution in [0.3, 0.4) is 0 Å². The van der Waals surface area contributed by atoms with Crippen molar-refractivity contribution in [3.8, 4) is 0 Å². The van der Waals surface area contributed by atoms with Gasteiger partial charge in [-0.1, -0.05) is 12.1 Å². The lowest BCUT2D eigenvalue weighted by atomic mass is 9.95.